The first kappa shape index (κ1) is 14.2. The summed E-state index contributed by atoms with van der Waals surface area (Å²) in [5.74, 6) is 0.0787. The fraction of sp³-hybridized carbons (Fsp3) is 0.462. The second-order valence-electron chi connectivity index (χ2n) is 5.18. The summed E-state index contributed by atoms with van der Waals surface area (Å²) in [6, 6.07) is 0. The highest BCUT2D eigenvalue weighted by Gasteiger charge is 2.38. The Bertz CT molecular complexity index is 634. The van der Waals surface area contributed by atoms with Gasteiger partial charge < -0.3 is 10.0 Å². The van der Waals surface area contributed by atoms with E-state index < -0.39 is 11.4 Å². The molecule has 1 N–H and O–H groups in total. The molecule has 21 heavy (non-hydrogen) atoms. The Kier molecular flexibility index (Phi) is 3.54. The normalized spacial score (nSPS) is 18.0. The molecule has 0 amide bonds. The van der Waals surface area contributed by atoms with Gasteiger partial charge in [-0.3, -0.25) is 9.67 Å². The van der Waals surface area contributed by atoms with Crippen molar-refractivity contribution in [3.63, 3.8) is 0 Å². The summed E-state index contributed by atoms with van der Waals surface area (Å²) in [4.78, 5) is 9.66. The van der Waals surface area contributed by atoms with Gasteiger partial charge >= 0.3 is 0 Å². The number of hydrogen-bond donors (Lipinski definition) is 1. The molecule has 0 aliphatic carbocycles. The molecule has 1 aliphatic heterocycles. The zero-order valence-corrected chi connectivity index (χ0v) is 12.3. The van der Waals surface area contributed by atoms with Gasteiger partial charge in [0.05, 0.1) is 16.9 Å². The molecule has 0 bridgehead atoms. The Morgan fingerprint density at radius 2 is 2.05 bits per heavy atom. The zero-order valence-electron chi connectivity index (χ0n) is 11.5. The monoisotopic (exact) mass is 311 g/mol. The number of hydrogen-bond acceptors (Lipinski definition) is 5. The topological polar surface area (TPSA) is 67.1 Å². The molecule has 3 rings (SSSR count). The van der Waals surface area contributed by atoms with E-state index in [2.05, 4.69) is 15.1 Å². The highest BCUT2D eigenvalue weighted by atomic mass is 35.5. The van der Waals surface area contributed by atoms with E-state index in [1.54, 1.807) is 11.7 Å². The van der Waals surface area contributed by atoms with Crippen LogP contribution in [0.1, 0.15) is 18.7 Å². The molecule has 0 unspecified atom stereocenters. The fourth-order valence-electron chi connectivity index (χ4n) is 2.75. The summed E-state index contributed by atoms with van der Waals surface area (Å²) in [6.07, 6.45) is 4.84. The lowest BCUT2D eigenvalue weighted by atomic mass is 9.90. The van der Waals surface area contributed by atoms with Crippen LogP contribution in [-0.2, 0) is 12.6 Å². The molecule has 0 spiro atoms. The SMILES string of the molecule is Cn1ncnc1C1(O)CCN(c2c(F)cncc2Cl)CC1. The van der Waals surface area contributed by atoms with Crippen molar-refractivity contribution in [2.45, 2.75) is 18.4 Å². The minimum Gasteiger partial charge on any atom is -0.382 e. The van der Waals surface area contributed by atoms with Gasteiger partial charge in [0.25, 0.3) is 0 Å². The molecule has 2 aromatic rings. The third kappa shape index (κ3) is 2.47. The Labute approximate surface area is 126 Å². The predicted molar refractivity (Wildman–Crippen MR) is 75.6 cm³/mol. The van der Waals surface area contributed by atoms with Crippen molar-refractivity contribution >= 4 is 17.3 Å². The maximum Gasteiger partial charge on any atom is 0.166 e. The number of aryl methyl sites for hydroxylation is 1. The molecule has 1 saturated heterocycles. The average Bonchev–Trinajstić information content (AvgIpc) is 2.88. The number of anilines is 1. The van der Waals surface area contributed by atoms with E-state index in [0.29, 0.717) is 37.4 Å². The molecular formula is C13H15ClFN5O. The number of rotatable bonds is 2. The minimum absolute atomic E-state index is 0.277. The van der Waals surface area contributed by atoms with E-state index in [4.69, 9.17) is 11.6 Å². The largest absolute Gasteiger partial charge is 0.382 e. The summed E-state index contributed by atoms with van der Waals surface area (Å²) >= 11 is 6.03. The van der Waals surface area contributed by atoms with Gasteiger partial charge in [0.2, 0.25) is 0 Å². The molecule has 0 atom stereocenters. The first-order valence-electron chi connectivity index (χ1n) is 6.62. The van der Waals surface area contributed by atoms with Crippen LogP contribution in [0, 0.1) is 5.82 Å². The van der Waals surface area contributed by atoms with Gasteiger partial charge in [-0.1, -0.05) is 11.6 Å². The number of nitrogens with zero attached hydrogens (tertiary/aromatic N) is 5. The molecule has 1 fully saturated rings. The van der Waals surface area contributed by atoms with Crippen molar-refractivity contribution in [2.24, 2.45) is 7.05 Å². The van der Waals surface area contributed by atoms with Gasteiger partial charge in [0, 0.05) is 39.2 Å². The molecule has 112 valence electrons. The molecular weight excluding hydrogens is 297 g/mol. The molecule has 8 heteroatoms. The lowest BCUT2D eigenvalue weighted by Crippen LogP contribution is -2.44. The molecule has 3 heterocycles. The van der Waals surface area contributed by atoms with Crippen LogP contribution in [0.2, 0.25) is 5.02 Å². The highest BCUT2D eigenvalue weighted by molar-refractivity contribution is 6.33. The highest BCUT2D eigenvalue weighted by Crippen LogP contribution is 2.36. The second kappa shape index (κ2) is 5.23. The van der Waals surface area contributed by atoms with Crippen molar-refractivity contribution in [1.82, 2.24) is 19.7 Å². The van der Waals surface area contributed by atoms with Gasteiger partial charge in [0.15, 0.2) is 11.6 Å². The number of aliphatic hydroxyl groups is 1. The summed E-state index contributed by atoms with van der Waals surface area (Å²) in [5, 5.41) is 15.0. The Morgan fingerprint density at radius 3 is 2.62 bits per heavy atom. The summed E-state index contributed by atoms with van der Waals surface area (Å²) in [5.41, 5.74) is -0.704. The lowest BCUT2D eigenvalue weighted by molar-refractivity contribution is -0.000167. The fourth-order valence-corrected chi connectivity index (χ4v) is 3.01. The van der Waals surface area contributed by atoms with Crippen LogP contribution in [0.3, 0.4) is 0 Å². The number of aromatic nitrogens is 4. The summed E-state index contributed by atoms with van der Waals surface area (Å²) in [7, 11) is 1.74. The Balaban J connectivity index is 1.81. The quantitative estimate of drug-likeness (QED) is 0.910. The maximum atomic E-state index is 13.9. The van der Waals surface area contributed by atoms with Gasteiger partial charge in [-0.25, -0.2) is 9.37 Å². The van der Waals surface area contributed by atoms with Crippen molar-refractivity contribution in [1.29, 1.82) is 0 Å². The molecule has 1 aliphatic rings. The average molecular weight is 312 g/mol. The number of halogens is 2. The van der Waals surface area contributed by atoms with Crippen LogP contribution < -0.4 is 4.90 Å². The third-order valence-corrected chi connectivity index (χ3v) is 4.14. The Hall–Kier alpha value is -1.73. The Morgan fingerprint density at radius 1 is 1.33 bits per heavy atom. The number of pyridine rings is 1. The smallest absolute Gasteiger partial charge is 0.166 e. The van der Waals surface area contributed by atoms with E-state index in [0.717, 1.165) is 6.20 Å². The van der Waals surface area contributed by atoms with Crippen LogP contribution in [0.4, 0.5) is 10.1 Å². The molecule has 0 radical (unpaired) electrons. The van der Waals surface area contributed by atoms with Crippen molar-refractivity contribution in [2.75, 3.05) is 18.0 Å². The van der Waals surface area contributed by atoms with E-state index >= 15 is 0 Å². The van der Waals surface area contributed by atoms with E-state index in [9.17, 15) is 9.50 Å². The predicted octanol–water partition coefficient (Wildman–Crippen LogP) is 1.49. The summed E-state index contributed by atoms with van der Waals surface area (Å²) in [6.45, 7) is 0.952. The van der Waals surface area contributed by atoms with Crippen LogP contribution in [0.25, 0.3) is 0 Å². The summed E-state index contributed by atoms with van der Waals surface area (Å²) < 4.78 is 15.5. The maximum absolute atomic E-state index is 13.9. The number of piperidine rings is 1. The van der Waals surface area contributed by atoms with Crippen LogP contribution in [0.15, 0.2) is 18.7 Å². The molecule has 0 aromatic carbocycles. The van der Waals surface area contributed by atoms with Crippen molar-refractivity contribution < 1.29 is 9.50 Å². The van der Waals surface area contributed by atoms with Gasteiger partial charge in [-0.05, 0) is 0 Å². The van der Waals surface area contributed by atoms with Crippen molar-refractivity contribution in [3.05, 3.63) is 35.4 Å². The minimum atomic E-state index is -1.04. The van der Waals surface area contributed by atoms with E-state index in [-0.39, 0.29) is 5.02 Å². The van der Waals surface area contributed by atoms with Gasteiger partial charge in [-0.15, -0.1) is 0 Å². The standard InChI is InChI=1S/C13H15ClFN5O/c1-19-12(17-8-18-19)13(21)2-4-20(5-3-13)11-9(14)6-16-7-10(11)15/h6-8,21H,2-5H2,1H3. The van der Waals surface area contributed by atoms with Gasteiger partial charge in [-0.2, -0.15) is 5.10 Å². The van der Waals surface area contributed by atoms with Crippen molar-refractivity contribution in [3.8, 4) is 0 Å². The van der Waals surface area contributed by atoms with E-state index in [1.807, 2.05) is 4.90 Å². The van der Waals surface area contributed by atoms with Gasteiger partial charge in [0.1, 0.15) is 11.9 Å². The molecule has 6 nitrogen and oxygen atoms in total. The first-order chi connectivity index (χ1) is 10.0. The van der Waals surface area contributed by atoms with Crippen LogP contribution >= 0.6 is 11.6 Å². The molecule has 2 aromatic heterocycles. The lowest BCUT2D eigenvalue weighted by Gasteiger charge is -2.38. The van der Waals surface area contributed by atoms with E-state index in [1.165, 1.54) is 12.5 Å². The van der Waals surface area contributed by atoms with Crippen LogP contribution in [0.5, 0.6) is 0 Å². The second-order valence-corrected chi connectivity index (χ2v) is 5.58. The van der Waals surface area contributed by atoms with Crippen LogP contribution in [-0.4, -0.2) is 37.9 Å². The molecule has 0 saturated carbocycles. The first-order valence-corrected chi connectivity index (χ1v) is 7.00. The zero-order chi connectivity index (χ0) is 15.0. The third-order valence-electron chi connectivity index (χ3n) is 3.86.